The van der Waals surface area contributed by atoms with Crippen LogP contribution in [0.25, 0.3) is 0 Å². The van der Waals surface area contributed by atoms with E-state index in [9.17, 15) is 0 Å². The Bertz CT molecular complexity index is 690. The lowest BCUT2D eigenvalue weighted by molar-refractivity contribution is 0.234. The van der Waals surface area contributed by atoms with E-state index in [2.05, 4.69) is 31.3 Å². The smallest absolute Gasteiger partial charge is 0.109 e. The molecule has 1 N–H and O–H groups in total. The molecule has 0 aromatic carbocycles. The number of aryl methyl sites for hydroxylation is 1. The molecule has 3 rings (SSSR count). The minimum atomic E-state index is 0.252. The van der Waals surface area contributed by atoms with E-state index in [1.807, 2.05) is 18.4 Å². The fourth-order valence-corrected chi connectivity index (χ4v) is 3.88. The van der Waals surface area contributed by atoms with Gasteiger partial charge < -0.3 is 9.73 Å². The number of furan rings is 1. The van der Waals surface area contributed by atoms with Gasteiger partial charge in [-0.05, 0) is 30.9 Å². The molecule has 2 aromatic rings. The van der Waals surface area contributed by atoms with Gasteiger partial charge in [0.2, 0.25) is 0 Å². The lowest BCUT2D eigenvalue weighted by Gasteiger charge is -2.34. The van der Waals surface area contributed by atoms with Crippen LogP contribution in [-0.2, 0) is 13.0 Å². The Kier molecular flexibility index (Phi) is 3.64. The molecule has 0 saturated carbocycles. The number of nitrogens with one attached hydrogen (secondary N) is 1. The number of rotatable bonds is 3. The topological polar surface area (TPSA) is 49.0 Å². The molecule has 2 aromatic heterocycles. The van der Waals surface area contributed by atoms with Crippen molar-refractivity contribution in [3.8, 4) is 6.07 Å². The molecule has 0 fully saturated rings. The molecule has 110 valence electrons. The van der Waals surface area contributed by atoms with Crippen LogP contribution < -0.4 is 5.32 Å². The number of hydrogen-bond donors (Lipinski definition) is 1. The van der Waals surface area contributed by atoms with Crippen LogP contribution in [-0.4, -0.2) is 0 Å². The van der Waals surface area contributed by atoms with E-state index in [4.69, 9.17) is 9.68 Å². The van der Waals surface area contributed by atoms with Crippen LogP contribution in [0.2, 0.25) is 0 Å². The van der Waals surface area contributed by atoms with Gasteiger partial charge in [-0.25, -0.2) is 0 Å². The Hall–Kier alpha value is -1.57. The fourth-order valence-electron chi connectivity index (χ4n) is 3.12. The minimum absolute atomic E-state index is 0.252. The third-order valence-corrected chi connectivity index (χ3v) is 4.98. The Morgan fingerprint density at radius 3 is 3.00 bits per heavy atom. The molecule has 4 heteroatoms. The van der Waals surface area contributed by atoms with Gasteiger partial charge in [-0.15, -0.1) is 11.3 Å². The molecule has 0 amide bonds. The van der Waals surface area contributed by atoms with E-state index in [1.165, 1.54) is 10.4 Å². The summed E-state index contributed by atoms with van der Waals surface area (Å²) in [5, 5.41) is 14.4. The molecular weight excluding hydrogens is 280 g/mol. The summed E-state index contributed by atoms with van der Waals surface area (Å²) in [6.45, 7) is 7.40. The van der Waals surface area contributed by atoms with E-state index in [0.717, 1.165) is 36.5 Å². The van der Waals surface area contributed by atoms with Gasteiger partial charge in [-0.3, -0.25) is 0 Å². The molecule has 3 nitrogen and oxygen atoms in total. The van der Waals surface area contributed by atoms with Crippen molar-refractivity contribution in [2.75, 3.05) is 0 Å². The van der Waals surface area contributed by atoms with Crippen molar-refractivity contribution in [1.29, 1.82) is 5.26 Å². The van der Waals surface area contributed by atoms with Gasteiger partial charge in [0.05, 0.1) is 5.56 Å². The number of thiophene rings is 1. The summed E-state index contributed by atoms with van der Waals surface area (Å²) < 4.78 is 5.86. The van der Waals surface area contributed by atoms with Crippen molar-refractivity contribution in [2.24, 2.45) is 5.41 Å². The van der Waals surface area contributed by atoms with E-state index in [-0.39, 0.29) is 5.41 Å². The first kappa shape index (κ1) is 14.4. The van der Waals surface area contributed by atoms with E-state index < -0.39 is 0 Å². The molecule has 1 aliphatic rings. The molecular formula is C17H20N2OS. The van der Waals surface area contributed by atoms with Crippen molar-refractivity contribution in [3.63, 3.8) is 0 Å². The summed E-state index contributed by atoms with van der Waals surface area (Å²) in [5.74, 6) is 2.12. The first-order valence-corrected chi connectivity index (χ1v) is 8.15. The van der Waals surface area contributed by atoms with Crippen molar-refractivity contribution in [1.82, 2.24) is 5.32 Å². The minimum Gasteiger partial charge on any atom is -0.466 e. The highest BCUT2D eigenvalue weighted by Gasteiger charge is 2.34. The second-order valence-corrected chi connectivity index (χ2v) is 7.62. The van der Waals surface area contributed by atoms with Crippen LogP contribution in [0.15, 0.2) is 21.9 Å². The van der Waals surface area contributed by atoms with Gasteiger partial charge in [-0.2, -0.15) is 5.26 Å². The van der Waals surface area contributed by atoms with Gasteiger partial charge in [0.15, 0.2) is 0 Å². The zero-order valence-corrected chi connectivity index (χ0v) is 13.5. The maximum atomic E-state index is 8.89. The van der Waals surface area contributed by atoms with Gasteiger partial charge in [0, 0.05) is 34.8 Å². The second kappa shape index (κ2) is 5.32. The van der Waals surface area contributed by atoms with E-state index >= 15 is 0 Å². The maximum Gasteiger partial charge on any atom is 0.109 e. The van der Waals surface area contributed by atoms with Crippen LogP contribution in [0.4, 0.5) is 0 Å². The number of nitrogens with zero attached hydrogens (tertiary/aromatic N) is 1. The third kappa shape index (κ3) is 3.04. The lowest BCUT2D eigenvalue weighted by Crippen LogP contribution is -2.32. The average Bonchev–Trinajstić information content (AvgIpc) is 3.00. The Morgan fingerprint density at radius 2 is 2.29 bits per heavy atom. The molecule has 1 atom stereocenters. The molecule has 1 aliphatic carbocycles. The maximum absolute atomic E-state index is 8.89. The van der Waals surface area contributed by atoms with Crippen LogP contribution in [0.5, 0.6) is 0 Å². The number of fused-ring (bicyclic) bond motifs is 1. The van der Waals surface area contributed by atoms with Crippen LogP contribution in [0, 0.1) is 23.7 Å². The number of hydrogen-bond acceptors (Lipinski definition) is 4. The van der Waals surface area contributed by atoms with Gasteiger partial charge in [-0.1, -0.05) is 13.8 Å². The lowest BCUT2D eigenvalue weighted by atomic mass is 9.75. The first-order chi connectivity index (χ1) is 9.97. The first-order valence-electron chi connectivity index (χ1n) is 7.27. The SMILES string of the molecule is Cc1cc2c(o1)CC(C)(C)CC2NCc1cc(C#N)cs1. The molecule has 0 spiro atoms. The van der Waals surface area contributed by atoms with Crippen molar-refractivity contribution in [3.05, 3.63) is 45.0 Å². The predicted molar refractivity (Wildman–Crippen MR) is 84.2 cm³/mol. The van der Waals surface area contributed by atoms with Gasteiger partial charge >= 0.3 is 0 Å². The summed E-state index contributed by atoms with van der Waals surface area (Å²) >= 11 is 1.64. The van der Waals surface area contributed by atoms with Crippen molar-refractivity contribution < 1.29 is 4.42 Å². The fraction of sp³-hybridized carbons (Fsp3) is 0.471. The largest absolute Gasteiger partial charge is 0.466 e. The standard InChI is InChI=1S/C17H20N2OS/c1-11-4-14-15(6-17(2,3)7-16(14)20-11)19-9-13-5-12(8-18)10-21-13/h4-5,10,15,19H,6-7,9H2,1-3H3. The van der Waals surface area contributed by atoms with Crippen LogP contribution >= 0.6 is 11.3 Å². The normalized spacial score (nSPS) is 20.0. The van der Waals surface area contributed by atoms with Gasteiger partial charge in [0.25, 0.3) is 0 Å². The predicted octanol–water partition coefficient (Wildman–Crippen LogP) is 4.32. The van der Waals surface area contributed by atoms with Crippen molar-refractivity contribution >= 4 is 11.3 Å². The van der Waals surface area contributed by atoms with E-state index in [0.29, 0.717) is 6.04 Å². The number of nitriles is 1. The zero-order valence-electron chi connectivity index (χ0n) is 12.7. The Morgan fingerprint density at radius 1 is 1.48 bits per heavy atom. The summed E-state index contributed by atoms with van der Waals surface area (Å²) in [5.41, 5.74) is 2.31. The molecule has 0 saturated heterocycles. The zero-order chi connectivity index (χ0) is 15.0. The van der Waals surface area contributed by atoms with E-state index in [1.54, 1.807) is 11.3 Å². The quantitative estimate of drug-likeness (QED) is 0.918. The van der Waals surface area contributed by atoms with Crippen molar-refractivity contribution in [2.45, 2.75) is 46.2 Å². The summed E-state index contributed by atoms with van der Waals surface area (Å²) in [6.07, 6.45) is 2.11. The summed E-state index contributed by atoms with van der Waals surface area (Å²) in [4.78, 5) is 1.21. The highest BCUT2D eigenvalue weighted by molar-refractivity contribution is 7.10. The third-order valence-electron chi connectivity index (χ3n) is 4.04. The highest BCUT2D eigenvalue weighted by atomic mass is 32.1. The Balaban J connectivity index is 1.77. The average molecular weight is 300 g/mol. The summed E-state index contributed by atoms with van der Waals surface area (Å²) in [6, 6.07) is 6.64. The second-order valence-electron chi connectivity index (χ2n) is 6.63. The highest BCUT2D eigenvalue weighted by Crippen LogP contribution is 2.42. The molecule has 21 heavy (non-hydrogen) atoms. The molecule has 0 aliphatic heterocycles. The summed E-state index contributed by atoms with van der Waals surface area (Å²) in [7, 11) is 0. The molecule has 2 heterocycles. The van der Waals surface area contributed by atoms with Crippen LogP contribution in [0.3, 0.4) is 0 Å². The molecule has 0 radical (unpaired) electrons. The van der Waals surface area contributed by atoms with Gasteiger partial charge in [0.1, 0.15) is 17.6 Å². The van der Waals surface area contributed by atoms with Crippen LogP contribution in [0.1, 0.15) is 53.8 Å². The Labute approximate surface area is 129 Å². The molecule has 1 unspecified atom stereocenters. The molecule has 0 bridgehead atoms. The monoisotopic (exact) mass is 300 g/mol.